The Balaban J connectivity index is 2.08. The molecule has 11 nitrogen and oxygen atoms in total. The quantitative estimate of drug-likeness (QED) is 0.458. The molecule has 124 valence electrons. The second-order valence-electron chi connectivity index (χ2n) is 4.63. The van der Waals surface area contributed by atoms with Gasteiger partial charge in [-0.25, -0.2) is 4.79 Å². The van der Waals surface area contributed by atoms with Crippen molar-refractivity contribution in [1.29, 1.82) is 0 Å². The van der Waals surface area contributed by atoms with Crippen LogP contribution in [0.25, 0.3) is 0 Å². The number of rotatable bonds is 5. The Labute approximate surface area is 123 Å². The van der Waals surface area contributed by atoms with Gasteiger partial charge in [0.2, 0.25) is 0 Å². The van der Waals surface area contributed by atoms with Gasteiger partial charge in [0.1, 0.15) is 12.2 Å². The lowest BCUT2D eigenvalue weighted by molar-refractivity contribution is -0.341. The van der Waals surface area contributed by atoms with E-state index < -0.39 is 50.2 Å². The minimum Gasteiger partial charge on any atom is -0.790 e. The summed E-state index contributed by atoms with van der Waals surface area (Å²) >= 11 is 0. The van der Waals surface area contributed by atoms with Gasteiger partial charge in [-0.15, -0.1) is 0 Å². The minimum absolute atomic E-state index is 0.193. The number of phosphoric ester groups is 1. The highest BCUT2D eigenvalue weighted by molar-refractivity contribution is 7.43. The fourth-order valence-electron chi connectivity index (χ4n) is 2.11. The molecule has 1 aromatic heterocycles. The molecule has 12 heteroatoms. The van der Waals surface area contributed by atoms with Crippen molar-refractivity contribution in [2.75, 3.05) is 6.61 Å². The zero-order valence-corrected chi connectivity index (χ0v) is 11.9. The summed E-state index contributed by atoms with van der Waals surface area (Å²) in [5.74, 6) is 0. The molecular weight excluding hydrogens is 323 g/mol. The van der Waals surface area contributed by atoms with Gasteiger partial charge < -0.3 is 33.8 Å². The van der Waals surface area contributed by atoms with Crippen LogP contribution in [0.15, 0.2) is 21.9 Å². The van der Waals surface area contributed by atoms with Crippen LogP contribution in [0.1, 0.15) is 12.6 Å². The number of H-pyrrole nitrogens is 1. The smallest absolute Gasteiger partial charge is 0.330 e. The molecule has 0 saturated carbocycles. The molecule has 3 N–H and O–H groups in total. The summed E-state index contributed by atoms with van der Waals surface area (Å²) in [6.45, 7) is -0.536. The van der Waals surface area contributed by atoms with Gasteiger partial charge in [-0.3, -0.25) is 14.3 Å². The predicted octanol–water partition coefficient (Wildman–Crippen LogP) is -3.61. The van der Waals surface area contributed by atoms with Gasteiger partial charge in [0, 0.05) is 18.7 Å². The van der Waals surface area contributed by atoms with E-state index in [0.717, 1.165) is 16.8 Å². The lowest BCUT2D eigenvalue weighted by Gasteiger charge is -2.29. The summed E-state index contributed by atoms with van der Waals surface area (Å²) < 4.78 is 20.5. The molecule has 2 heterocycles. The lowest BCUT2D eigenvalue weighted by Crippen LogP contribution is -2.37. The van der Waals surface area contributed by atoms with E-state index in [1.54, 1.807) is 0 Å². The van der Waals surface area contributed by atoms with Gasteiger partial charge in [0.15, 0.2) is 6.23 Å². The van der Waals surface area contributed by atoms with Crippen molar-refractivity contribution in [3.8, 4) is 0 Å². The summed E-state index contributed by atoms with van der Waals surface area (Å²) in [7, 11) is -5.14. The molecule has 1 fully saturated rings. The Bertz CT molecular complexity index is 679. The number of nitrogens with zero attached hydrogens (tertiary/aromatic N) is 1. The van der Waals surface area contributed by atoms with Crippen molar-refractivity contribution in [1.82, 2.24) is 9.55 Å². The summed E-state index contributed by atoms with van der Waals surface area (Å²) in [4.78, 5) is 45.2. The third-order valence-electron chi connectivity index (χ3n) is 3.11. The van der Waals surface area contributed by atoms with Crippen molar-refractivity contribution in [3.63, 3.8) is 0 Å². The SMILES string of the molecule is O=c1ccn(C2OC(CCOP(=O)([O-])[O-])C(O)C2O)c(=O)[nH]1. The Morgan fingerprint density at radius 1 is 1.36 bits per heavy atom. The molecule has 0 radical (unpaired) electrons. The van der Waals surface area contributed by atoms with Crippen LogP contribution in [-0.2, 0) is 13.8 Å². The third kappa shape index (κ3) is 3.90. The van der Waals surface area contributed by atoms with Gasteiger partial charge in [0.25, 0.3) is 5.56 Å². The van der Waals surface area contributed by atoms with E-state index in [4.69, 9.17) is 4.74 Å². The number of aliphatic hydroxyl groups is 2. The van der Waals surface area contributed by atoms with Crippen molar-refractivity contribution in [2.45, 2.75) is 31.0 Å². The van der Waals surface area contributed by atoms with E-state index in [9.17, 15) is 34.2 Å². The van der Waals surface area contributed by atoms with Crippen LogP contribution in [0.3, 0.4) is 0 Å². The molecule has 4 unspecified atom stereocenters. The van der Waals surface area contributed by atoms with Crippen LogP contribution >= 0.6 is 7.82 Å². The zero-order valence-electron chi connectivity index (χ0n) is 11.0. The summed E-state index contributed by atoms with van der Waals surface area (Å²) in [6.07, 6.45) is -4.34. The Morgan fingerprint density at radius 2 is 2.05 bits per heavy atom. The molecule has 0 aromatic carbocycles. The van der Waals surface area contributed by atoms with E-state index in [1.165, 1.54) is 0 Å². The van der Waals surface area contributed by atoms with Gasteiger partial charge in [0.05, 0.1) is 20.5 Å². The molecule has 0 aliphatic carbocycles. The number of aromatic nitrogens is 2. The average Bonchev–Trinajstić information content (AvgIpc) is 2.66. The van der Waals surface area contributed by atoms with Gasteiger partial charge in [-0.05, 0) is 0 Å². The fourth-order valence-corrected chi connectivity index (χ4v) is 2.43. The fraction of sp³-hybridized carbons (Fsp3) is 0.600. The summed E-state index contributed by atoms with van der Waals surface area (Å²) in [5.41, 5.74) is -1.48. The molecule has 22 heavy (non-hydrogen) atoms. The Kier molecular flexibility index (Phi) is 4.97. The van der Waals surface area contributed by atoms with Gasteiger partial charge in [-0.1, -0.05) is 0 Å². The molecule has 1 aliphatic heterocycles. The second-order valence-corrected chi connectivity index (χ2v) is 5.79. The number of aliphatic hydroxyl groups excluding tert-OH is 2. The lowest BCUT2D eigenvalue weighted by atomic mass is 10.1. The number of hydrogen-bond acceptors (Lipinski definition) is 9. The van der Waals surface area contributed by atoms with Crippen LogP contribution in [-0.4, -0.2) is 44.7 Å². The number of ether oxygens (including phenoxy) is 1. The minimum atomic E-state index is -5.14. The Morgan fingerprint density at radius 3 is 2.64 bits per heavy atom. The first-order valence-corrected chi connectivity index (χ1v) is 7.65. The first kappa shape index (κ1) is 17.0. The van der Waals surface area contributed by atoms with Crippen LogP contribution in [0.4, 0.5) is 0 Å². The van der Waals surface area contributed by atoms with Crippen LogP contribution in [0.2, 0.25) is 0 Å². The van der Waals surface area contributed by atoms with Gasteiger partial charge >= 0.3 is 5.69 Å². The van der Waals surface area contributed by atoms with Crippen LogP contribution < -0.4 is 21.0 Å². The first-order valence-electron chi connectivity index (χ1n) is 6.19. The van der Waals surface area contributed by atoms with Crippen molar-refractivity contribution in [2.24, 2.45) is 0 Å². The molecule has 0 amide bonds. The average molecular weight is 336 g/mol. The highest BCUT2D eigenvalue weighted by atomic mass is 31.2. The summed E-state index contributed by atoms with van der Waals surface area (Å²) in [5, 5.41) is 19.7. The predicted molar refractivity (Wildman–Crippen MR) is 65.4 cm³/mol. The van der Waals surface area contributed by atoms with Crippen LogP contribution in [0, 0.1) is 0 Å². The molecule has 2 rings (SSSR count). The summed E-state index contributed by atoms with van der Waals surface area (Å²) in [6, 6.07) is 1.03. The maximum Gasteiger partial charge on any atom is 0.330 e. The number of nitrogens with one attached hydrogen (secondary N) is 1. The largest absolute Gasteiger partial charge is 0.790 e. The van der Waals surface area contributed by atoms with Gasteiger partial charge in [-0.2, -0.15) is 0 Å². The maximum absolute atomic E-state index is 11.6. The monoisotopic (exact) mass is 336 g/mol. The molecule has 1 saturated heterocycles. The van der Waals surface area contributed by atoms with Crippen molar-refractivity contribution >= 4 is 7.82 Å². The normalized spacial score (nSPS) is 28.9. The van der Waals surface area contributed by atoms with E-state index in [2.05, 4.69) is 4.52 Å². The molecule has 0 spiro atoms. The molecular formula is C10H13N2O9P-2. The topological polar surface area (TPSA) is 177 Å². The number of aromatic amines is 1. The third-order valence-corrected chi connectivity index (χ3v) is 3.61. The standard InChI is InChI=1S/C10H15N2O9P/c13-6-1-3-12(10(16)11-6)9-8(15)7(14)5(21-9)2-4-20-22(17,18)19/h1,3,5,7-9,14-15H,2,4H2,(H,11,13,16)(H2,17,18,19)/p-2. The van der Waals surface area contributed by atoms with Crippen molar-refractivity contribution < 1.29 is 33.8 Å². The second kappa shape index (κ2) is 6.42. The highest BCUT2D eigenvalue weighted by Gasteiger charge is 2.43. The first-order chi connectivity index (χ1) is 10.2. The van der Waals surface area contributed by atoms with Crippen LogP contribution in [0.5, 0.6) is 0 Å². The number of phosphoric acid groups is 1. The maximum atomic E-state index is 11.6. The zero-order chi connectivity index (χ0) is 16.5. The molecule has 1 aromatic rings. The van der Waals surface area contributed by atoms with Crippen molar-refractivity contribution in [3.05, 3.63) is 33.1 Å². The van der Waals surface area contributed by atoms with E-state index in [-0.39, 0.29) is 6.42 Å². The van der Waals surface area contributed by atoms with E-state index in [0.29, 0.717) is 0 Å². The molecule has 4 atom stereocenters. The highest BCUT2D eigenvalue weighted by Crippen LogP contribution is 2.31. The Hall–Kier alpha value is -1.33. The number of hydrogen-bond donors (Lipinski definition) is 3. The van der Waals surface area contributed by atoms with E-state index >= 15 is 0 Å². The van der Waals surface area contributed by atoms with E-state index in [1.807, 2.05) is 4.98 Å². The molecule has 1 aliphatic rings. The molecule has 0 bridgehead atoms.